The molecule has 0 aliphatic rings. The average Bonchev–Trinajstić information content (AvgIpc) is 2.37. The summed E-state index contributed by atoms with van der Waals surface area (Å²) >= 11 is 3.51. The fraction of sp³-hybridized carbons (Fsp3) is 0.692. The molecule has 1 aromatic heterocycles. The Morgan fingerprint density at radius 3 is 2.61 bits per heavy atom. The Labute approximate surface area is 118 Å². The maximum Gasteiger partial charge on any atom is 0.146 e. The van der Waals surface area contributed by atoms with Gasteiger partial charge in [-0.1, -0.05) is 32.6 Å². The van der Waals surface area contributed by atoms with Gasteiger partial charge in [0, 0.05) is 13.1 Å². The first-order chi connectivity index (χ1) is 8.69. The second-order valence-electron chi connectivity index (χ2n) is 4.53. The summed E-state index contributed by atoms with van der Waals surface area (Å²) in [6.45, 7) is 4.43. The molecule has 0 spiro atoms. The summed E-state index contributed by atoms with van der Waals surface area (Å²) in [5.41, 5.74) is 0. The molecule has 0 bridgehead atoms. The van der Waals surface area contributed by atoms with Crippen LogP contribution in [0.4, 0.5) is 11.6 Å². The third kappa shape index (κ3) is 4.80. The Balaban J connectivity index is 2.46. The topological polar surface area (TPSA) is 49.8 Å². The summed E-state index contributed by atoms with van der Waals surface area (Å²) in [5.74, 6) is 1.67. The first-order valence-corrected chi connectivity index (χ1v) is 7.43. The van der Waals surface area contributed by atoms with Crippen molar-refractivity contribution in [3.05, 3.63) is 10.8 Å². The first kappa shape index (κ1) is 15.2. The van der Waals surface area contributed by atoms with E-state index in [1.54, 1.807) is 6.33 Å². The van der Waals surface area contributed by atoms with E-state index in [0.29, 0.717) is 6.04 Å². The van der Waals surface area contributed by atoms with Crippen molar-refractivity contribution < 1.29 is 0 Å². The van der Waals surface area contributed by atoms with E-state index in [-0.39, 0.29) is 0 Å². The summed E-state index contributed by atoms with van der Waals surface area (Å²) in [4.78, 5) is 8.40. The van der Waals surface area contributed by atoms with Crippen molar-refractivity contribution in [2.24, 2.45) is 0 Å². The highest BCUT2D eigenvalue weighted by atomic mass is 79.9. The Morgan fingerprint density at radius 2 is 1.94 bits per heavy atom. The van der Waals surface area contributed by atoms with Crippen LogP contribution < -0.4 is 10.6 Å². The molecule has 1 rings (SSSR count). The van der Waals surface area contributed by atoms with E-state index < -0.39 is 0 Å². The minimum atomic E-state index is 0.428. The number of halogens is 1. The van der Waals surface area contributed by atoms with Crippen LogP contribution in [0.2, 0.25) is 0 Å². The average molecular weight is 315 g/mol. The lowest BCUT2D eigenvalue weighted by Crippen LogP contribution is -2.16. The normalized spacial score (nSPS) is 12.2. The molecule has 0 fully saturated rings. The van der Waals surface area contributed by atoms with Gasteiger partial charge in [-0.25, -0.2) is 9.97 Å². The van der Waals surface area contributed by atoms with E-state index in [2.05, 4.69) is 50.4 Å². The minimum absolute atomic E-state index is 0.428. The first-order valence-electron chi connectivity index (χ1n) is 6.63. The Morgan fingerprint density at radius 1 is 1.22 bits per heavy atom. The molecular weight excluding hydrogens is 292 g/mol. The quantitative estimate of drug-likeness (QED) is 0.711. The van der Waals surface area contributed by atoms with Gasteiger partial charge < -0.3 is 10.6 Å². The van der Waals surface area contributed by atoms with Gasteiger partial charge in [0.1, 0.15) is 22.4 Å². The van der Waals surface area contributed by atoms with E-state index in [1.807, 2.05) is 7.05 Å². The summed E-state index contributed by atoms with van der Waals surface area (Å²) in [7, 11) is 1.85. The van der Waals surface area contributed by atoms with Crippen LogP contribution in [-0.4, -0.2) is 23.1 Å². The maximum absolute atomic E-state index is 4.26. The number of unbranched alkanes of at least 4 members (excludes halogenated alkanes) is 3. The molecule has 0 aliphatic carbocycles. The van der Waals surface area contributed by atoms with Gasteiger partial charge in [-0.3, -0.25) is 0 Å². The fourth-order valence-corrected chi connectivity index (χ4v) is 2.35. The second-order valence-corrected chi connectivity index (χ2v) is 5.32. The van der Waals surface area contributed by atoms with E-state index >= 15 is 0 Å². The van der Waals surface area contributed by atoms with Gasteiger partial charge >= 0.3 is 0 Å². The van der Waals surface area contributed by atoms with E-state index in [0.717, 1.165) is 16.1 Å². The molecule has 0 saturated heterocycles. The van der Waals surface area contributed by atoms with E-state index in [1.165, 1.54) is 32.1 Å². The molecule has 1 atom stereocenters. The Hall–Kier alpha value is -0.840. The molecule has 102 valence electrons. The summed E-state index contributed by atoms with van der Waals surface area (Å²) in [6.07, 6.45) is 7.94. The highest BCUT2D eigenvalue weighted by Crippen LogP contribution is 2.26. The Kier molecular flexibility index (Phi) is 7.01. The van der Waals surface area contributed by atoms with Crippen LogP contribution in [0.25, 0.3) is 0 Å². The number of hydrogen-bond donors (Lipinski definition) is 2. The molecule has 4 nitrogen and oxygen atoms in total. The van der Waals surface area contributed by atoms with Gasteiger partial charge in [-0.2, -0.15) is 0 Å². The van der Waals surface area contributed by atoms with E-state index in [4.69, 9.17) is 0 Å². The molecule has 5 heteroatoms. The number of hydrogen-bond acceptors (Lipinski definition) is 4. The lowest BCUT2D eigenvalue weighted by molar-refractivity contribution is 0.592. The van der Waals surface area contributed by atoms with Gasteiger partial charge in [0.2, 0.25) is 0 Å². The van der Waals surface area contributed by atoms with E-state index in [9.17, 15) is 0 Å². The molecule has 2 N–H and O–H groups in total. The highest BCUT2D eigenvalue weighted by molar-refractivity contribution is 9.10. The van der Waals surface area contributed by atoms with Crippen LogP contribution in [0.1, 0.15) is 46.0 Å². The SMILES string of the molecule is CCCCCCC(C)Nc1ncnc(NC)c1Br. The second kappa shape index (κ2) is 8.29. The van der Waals surface area contributed by atoms with Crippen molar-refractivity contribution in [3.8, 4) is 0 Å². The predicted molar refractivity (Wildman–Crippen MR) is 81.1 cm³/mol. The molecule has 0 aromatic carbocycles. The molecule has 0 saturated carbocycles. The maximum atomic E-state index is 4.26. The van der Waals surface area contributed by atoms with Gasteiger partial charge in [-0.15, -0.1) is 0 Å². The van der Waals surface area contributed by atoms with Crippen LogP contribution in [0.3, 0.4) is 0 Å². The summed E-state index contributed by atoms with van der Waals surface area (Å²) < 4.78 is 0.896. The summed E-state index contributed by atoms with van der Waals surface area (Å²) in [6, 6.07) is 0.428. The number of aromatic nitrogens is 2. The molecule has 1 aromatic rings. The zero-order valence-electron chi connectivity index (χ0n) is 11.5. The fourth-order valence-electron chi connectivity index (χ4n) is 1.83. The van der Waals surface area contributed by atoms with Crippen molar-refractivity contribution in [2.45, 2.75) is 52.0 Å². The van der Waals surface area contributed by atoms with Crippen LogP contribution in [0.15, 0.2) is 10.8 Å². The van der Waals surface area contributed by atoms with Crippen LogP contribution in [-0.2, 0) is 0 Å². The molecule has 0 amide bonds. The van der Waals surface area contributed by atoms with Gasteiger partial charge in [0.25, 0.3) is 0 Å². The van der Waals surface area contributed by atoms with Crippen molar-refractivity contribution in [3.63, 3.8) is 0 Å². The van der Waals surface area contributed by atoms with Crippen molar-refractivity contribution >= 4 is 27.6 Å². The Bertz CT molecular complexity index is 357. The zero-order valence-corrected chi connectivity index (χ0v) is 13.0. The van der Waals surface area contributed by atoms with Gasteiger partial charge in [0.15, 0.2) is 0 Å². The number of anilines is 2. The molecule has 1 unspecified atom stereocenters. The van der Waals surface area contributed by atoms with Crippen LogP contribution in [0, 0.1) is 0 Å². The molecule has 18 heavy (non-hydrogen) atoms. The minimum Gasteiger partial charge on any atom is -0.372 e. The molecular formula is C13H23BrN4. The molecule has 0 aliphatic heterocycles. The zero-order chi connectivity index (χ0) is 13.4. The summed E-state index contributed by atoms with van der Waals surface area (Å²) in [5, 5.41) is 6.45. The number of nitrogens with one attached hydrogen (secondary N) is 2. The largest absolute Gasteiger partial charge is 0.372 e. The lowest BCUT2D eigenvalue weighted by Gasteiger charge is -2.16. The lowest BCUT2D eigenvalue weighted by atomic mass is 10.1. The van der Waals surface area contributed by atoms with Gasteiger partial charge in [-0.05, 0) is 29.3 Å². The molecule has 0 radical (unpaired) electrons. The standard InChI is InChI=1S/C13H23BrN4/c1-4-5-6-7-8-10(2)18-13-11(14)12(15-3)16-9-17-13/h9-10H,4-8H2,1-3H3,(H2,15,16,17,18). The van der Waals surface area contributed by atoms with Gasteiger partial charge in [0.05, 0.1) is 0 Å². The smallest absolute Gasteiger partial charge is 0.146 e. The van der Waals surface area contributed by atoms with Crippen LogP contribution >= 0.6 is 15.9 Å². The predicted octanol–water partition coefficient (Wildman–Crippen LogP) is 4.05. The van der Waals surface area contributed by atoms with Crippen LogP contribution in [0.5, 0.6) is 0 Å². The molecule has 1 heterocycles. The van der Waals surface area contributed by atoms with Crippen molar-refractivity contribution in [1.29, 1.82) is 0 Å². The third-order valence-corrected chi connectivity index (χ3v) is 3.65. The number of nitrogens with zero attached hydrogens (tertiary/aromatic N) is 2. The third-order valence-electron chi connectivity index (χ3n) is 2.90. The highest BCUT2D eigenvalue weighted by Gasteiger charge is 2.09. The van der Waals surface area contributed by atoms with Crippen molar-refractivity contribution in [1.82, 2.24) is 9.97 Å². The monoisotopic (exact) mass is 314 g/mol. The van der Waals surface area contributed by atoms with Crippen molar-refractivity contribution in [2.75, 3.05) is 17.7 Å². The number of rotatable bonds is 8.